The predicted octanol–water partition coefficient (Wildman–Crippen LogP) is 2.92. The summed E-state index contributed by atoms with van der Waals surface area (Å²) >= 11 is 1.40. The molecule has 0 aliphatic rings. The summed E-state index contributed by atoms with van der Waals surface area (Å²) in [6.07, 6.45) is 0.770. The highest BCUT2D eigenvalue weighted by molar-refractivity contribution is 7.11. The number of benzene rings is 1. The molecule has 0 aliphatic heterocycles. The van der Waals surface area contributed by atoms with Crippen molar-refractivity contribution < 1.29 is 14.2 Å². The van der Waals surface area contributed by atoms with Crippen molar-refractivity contribution in [2.45, 2.75) is 26.6 Å². The minimum Gasteiger partial charge on any atom is -0.483 e. The summed E-state index contributed by atoms with van der Waals surface area (Å²) in [5.74, 6) is -0.163. The first-order chi connectivity index (χ1) is 8.74. The quantitative estimate of drug-likeness (QED) is 0.905. The van der Waals surface area contributed by atoms with E-state index < -0.39 is 0 Å². The minimum atomic E-state index is -0.382. The summed E-state index contributed by atoms with van der Waals surface area (Å²) < 4.78 is 18.7. The molecular weight excluding hydrogens is 253 g/mol. The molecule has 0 spiro atoms. The van der Waals surface area contributed by atoms with E-state index in [2.05, 4.69) is 4.98 Å². The summed E-state index contributed by atoms with van der Waals surface area (Å²) in [6.45, 7) is 2.19. The highest BCUT2D eigenvalue weighted by Crippen LogP contribution is 2.22. The Morgan fingerprint density at radius 1 is 1.39 bits per heavy atom. The number of hydrogen-bond acceptors (Lipinski definition) is 4. The zero-order valence-electron chi connectivity index (χ0n) is 10.0. The molecule has 18 heavy (non-hydrogen) atoms. The number of hydrogen-bond donors (Lipinski definition) is 1. The van der Waals surface area contributed by atoms with Gasteiger partial charge in [0.2, 0.25) is 0 Å². The van der Waals surface area contributed by atoms with E-state index in [1.807, 2.05) is 6.92 Å². The van der Waals surface area contributed by atoms with Crippen molar-refractivity contribution >= 4 is 11.3 Å². The number of halogens is 1. The van der Waals surface area contributed by atoms with Gasteiger partial charge in [0, 0.05) is 0 Å². The molecule has 0 bridgehead atoms. The Labute approximate surface area is 109 Å². The van der Waals surface area contributed by atoms with Crippen molar-refractivity contribution in [1.82, 2.24) is 4.98 Å². The van der Waals surface area contributed by atoms with Gasteiger partial charge in [-0.05, 0) is 18.6 Å². The number of thiazole rings is 1. The second kappa shape index (κ2) is 5.93. The van der Waals surface area contributed by atoms with Crippen LogP contribution in [0.3, 0.4) is 0 Å². The van der Waals surface area contributed by atoms with Gasteiger partial charge in [-0.1, -0.05) is 19.1 Å². The lowest BCUT2D eigenvalue weighted by Gasteiger charge is -2.04. The Morgan fingerprint density at radius 2 is 2.17 bits per heavy atom. The number of aryl methyl sites for hydroxylation is 1. The molecule has 0 fully saturated rings. The third-order valence-corrected chi connectivity index (χ3v) is 3.54. The summed E-state index contributed by atoms with van der Waals surface area (Å²) in [7, 11) is 0. The van der Waals surface area contributed by atoms with E-state index in [-0.39, 0.29) is 24.8 Å². The smallest absolute Gasteiger partial charge is 0.165 e. The third kappa shape index (κ3) is 2.86. The lowest BCUT2D eigenvalue weighted by atomic mass is 10.3. The van der Waals surface area contributed by atoms with Crippen LogP contribution in [-0.2, 0) is 19.6 Å². The normalized spacial score (nSPS) is 10.6. The van der Waals surface area contributed by atoms with Crippen LogP contribution in [0.5, 0.6) is 5.75 Å². The average Bonchev–Trinajstić information content (AvgIpc) is 2.80. The maximum Gasteiger partial charge on any atom is 0.165 e. The SMILES string of the molecule is CCc1nc(COc2ccccc2F)sc1CO. The van der Waals surface area contributed by atoms with Gasteiger partial charge < -0.3 is 9.84 Å². The Balaban J connectivity index is 2.06. The van der Waals surface area contributed by atoms with Crippen LogP contribution in [0.15, 0.2) is 24.3 Å². The fourth-order valence-electron chi connectivity index (χ4n) is 1.60. The maximum absolute atomic E-state index is 13.3. The summed E-state index contributed by atoms with van der Waals surface area (Å²) in [4.78, 5) is 5.21. The van der Waals surface area contributed by atoms with Crippen molar-refractivity contribution in [3.8, 4) is 5.75 Å². The Kier molecular flexibility index (Phi) is 4.28. The number of para-hydroxylation sites is 1. The highest BCUT2D eigenvalue weighted by atomic mass is 32.1. The van der Waals surface area contributed by atoms with Crippen molar-refractivity contribution in [1.29, 1.82) is 0 Å². The standard InChI is InChI=1S/C13H14FNO2S/c1-2-10-12(7-16)18-13(15-10)8-17-11-6-4-3-5-9(11)14/h3-6,16H,2,7-8H2,1H3. The van der Waals surface area contributed by atoms with E-state index in [9.17, 15) is 4.39 Å². The molecule has 2 aromatic rings. The Hall–Kier alpha value is -1.46. The number of aromatic nitrogens is 1. The number of ether oxygens (including phenoxy) is 1. The molecule has 0 unspecified atom stereocenters. The molecule has 2 rings (SSSR count). The van der Waals surface area contributed by atoms with Gasteiger partial charge >= 0.3 is 0 Å². The number of aliphatic hydroxyl groups is 1. The summed E-state index contributed by atoms with van der Waals surface area (Å²) in [5, 5.41) is 9.91. The van der Waals surface area contributed by atoms with Gasteiger partial charge in [-0.3, -0.25) is 0 Å². The molecule has 1 heterocycles. The van der Waals surface area contributed by atoms with E-state index in [0.29, 0.717) is 0 Å². The van der Waals surface area contributed by atoms with Gasteiger partial charge in [0.05, 0.1) is 17.2 Å². The third-order valence-electron chi connectivity index (χ3n) is 2.49. The lowest BCUT2D eigenvalue weighted by Crippen LogP contribution is -1.97. The summed E-state index contributed by atoms with van der Waals surface area (Å²) in [5.41, 5.74) is 0.884. The highest BCUT2D eigenvalue weighted by Gasteiger charge is 2.10. The van der Waals surface area contributed by atoms with Gasteiger partial charge in [0.15, 0.2) is 11.6 Å². The topological polar surface area (TPSA) is 42.4 Å². The molecule has 0 saturated heterocycles. The molecule has 3 nitrogen and oxygen atoms in total. The molecule has 1 aromatic heterocycles. The van der Waals surface area contributed by atoms with Gasteiger partial charge in [0.25, 0.3) is 0 Å². The summed E-state index contributed by atoms with van der Waals surface area (Å²) in [6, 6.07) is 6.27. The van der Waals surface area contributed by atoms with Crippen molar-refractivity contribution in [3.63, 3.8) is 0 Å². The molecule has 0 atom stereocenters. The fourth-order valence-corrected chi connectivity index (χ4v) is 2.53. The first kappa shape index (κ1) is 13.0. The monoisotopic (exact) mass is 267 g/mol. The van der Waals surface area contributed by atoms with E-state index in [0.717, 1.165) is 22.0 Å². The lowest BCUT2D eigenvalue weighted by molar-refractivity contribution is 0.284. The molecule has 96 valence electrons. The van der Waals surface area contributed by atoms with E-state index >= 15 is 0 Å². The first-order valence-electron chi connectivity index (χ1n) is 5.70. The van der Waals surface area contributed by atoms with Gasteiger partial charge in [-0.2, -0.15) is 0 Å². The molecule has 1 N–H and O–H groups in total. The van der Waals surface area contributed by atoms with Crippen molar-refractivity contribution in [2.24, 2.45) is 0 Å². The average molecular weight is 267 g/mol. The second-order valence-corrected chi connectivity index (χ2v) is 4.88. The van der Waals surface area contributed by atoms with E-state index in [1.165, 1.54) is 17.4 Å². The maximum atomic E-state index is 13.3. The number of nitrogens with zero attached hydrogens (tertiary/aromatic N) is 1. The van der Waals surface area contributed by atoms with Crippen LogP contribution in [0.1, 0.15) is 22.5 Å². The fraction of sp³-hybridized carbons (Fsp3) is 0.308. The Bertz CT molecular complexity index is 506. The molecule has 0 saturated carbocycles. The van der Waals surface area contributed by atoms with Crippen LogP contribution >= 0.6 is 11.3 Å². The molecular formula is C13H14FNO2S. The van der Waals surface area contributed by atoms with Gasteiger partial charge in [-0.15, -0.1) is 11.3 Å². The Morgan fingerprint density at radius 3 is 2.78 bits per heavy atom. The van der Waals surface area contributed by atoms with Crippen molar-refractivity contribution in [3.05, 3.63) is 45.7 Å². The molecule has 0 radical (unpaired) electrons. The number of rotatable bonds is 5. The van der Waals surface area contributed by atoms with Crippen LogP contribution in [-0.4, -0.2) is 10.1 Å². The van der Waals surface area contributed by atoms with E-state index in [4.69, 9.17) is 9.84 Å². The largest absolute Gasteiger partial charge is 0.483 e. The zero-order valence-corrected chi connectivity index (χ0v) is 10.8. The molecule has 0 aliphatic carbocycles. The second-order valence-electron chi connectivity index (χ2n) is 3.71. The van der Waals surface area contributed by atoms with Crippen LogP contribution in [0, 0.1) is 5.82 Å². The van der Waals surface area contributed by atoms with Gasteiger partial charge in [0.1, 0.15) is 11.6 Å². The van der Waals surface area contributed by atoms with Crippen LogP contribution in [0.2, 0.25) is 0 Å². The minimum absolute atomic E-state index is 0.0134. The molecule has 1 aromatic carbocycles. The predicted molar refractivity (Wildman–Crippen MR) is 68.1 cm³/mol. The number of aliphatic hydroxyl groups excluding tert-OH is 1. The van der Waals surface area contributed by atoms with Crippen LogP contribution in [0.25, 0.3) is 0 Å². The first-order valence-corrected chi connectivity index (χ1v) is 6.52. The van der Waals surface area contributed by atoms with Crippen molar-refractivity contribution in [2.75, 3.05) is 0 Å². The van der Waals surface area contributed by atoms with Crippen LogP contribution in [0.4, 0.5) is 4.39 Å². The molecule has 0 amide bonds. The zero-order chi connectivity index (χ0) is 13.0. The molecule has 5 heteroatoms. The van der Waals surface area contributed by atoms with E-state index in [1.54, 1.807) is 18.2 Å². The van der Waals surface area contributed by atoms with Crippen LogP contribution < -0.4 is 4.74 Å². The van der Waals surface area contributed by atoms with Gasteiger partial charge in [-0.25, -0.2) is 9.37 Å².